The molecule has 4 amide bonds. The minimum Gasteiger partial charge on any atom is -0.444 e. The predicted octanol–water partition coefficient (Wildman–Crippen LogP) is -0.0347. The highest BCUT2D eigenvalue weighted by Crippen LogP contribution is 2.42. The molecule has 0 radical (unpaired) electrons. The molecule has 4 N–H and O–H groups in total. The Kier molecular flexibility index (Phi) is 5.48. The molecule has 0 saturated carbocycles. The number of amides is 4. The lowest BCUT2D eigenvalue weighted by Gasteiger charge is -2.54. The molecule has 0 aromatic carbocycles. The molecule has 1 unspecified atom stereocenters. The van der Waals surface area contributed by atoms with Crippen LogP contribution in [0, 0.1) is 5.41 Å². The SMILES string of the molecule is CC(C)(C)OC(=O)N1CCCC2(C1)CN([C@@H](CCC(N)=O)C(N)=O)C2=O. The molecule has 2 saturated heterocycles. The Morgan fingerprint density at radius 1 is 1.23 bits per heavy atom. The Morgan fingerprint density at radius 2 is 1.88 bits per heavy atom. The molecule has 26 heavy (non-hydrogen) atoms. The van der Waals surface area contributed by atoms with Crippen molar-refractivity contribution in [2.24, 2.45) is 16.9 Å². The van der Waals surface area contributed by atoms with Crippen molar-refractivity contribution >= 4 is 23.8 Å². The number of piperidine rings is 1. The van der Waals surface area contributed by atoms with E-state index >= 15 is 0 Å². The first kappa shape index (κ1) is 20.0. The summed E-state index contributed by atoms with van der Waals surface area (Å²) in [5.74, 6) is -1.42. The van der Waals surface area contributed by atoms with Gasteiger partial charge in [0.1, 0.15) is 11.6 Å². The van der Waals surface area contributed by atoms with Crippen LogP contribution >= 0.6 is 0 Å². The number of hydrogen-bond donors (Lipinski definition) is 2. The number of carbonyl (C=O) groups is 4. The van der Waals surface area contributed by atoms with Gasteiger partial charge in [-0.2, -0.15) is 0 Å². The summed E-state index contributed by atoms with van der Waals surface area (Å²) in [5, 5.41) is 0. The lowest BCUT2D eigenvalue weighted by molar-refractivity contribution is -0.172. The third-order valence-electron chi connectivity index (χ3n) is 4.78. The number of rotatable bonds is 5. The van der Waals surface area contributed by atoms with Crippen LogP contribution in [0.4, 0.5) is 4.79 Å². The van der Waals surface area contributed by atoms with E-state index in [9.17, 15) is 19.2 Å². The van der Waals surface area contributed by atoms with Crippen molar-refractivity contribution in [2.45, 2.75) is 58.1 Å². The van der Waals surface area contributed by atoms with Crippen LogP contribution in [0.2, 0.25) is 0 Å². The van der Waals surface area contributed by atoms with Crippen molar-refractivity contribution in [3.8, 4) is 0 Å². The highest BCUT2D eigenvalue weighted by molar-refractivity contribution is 5.95. The van der Waals surface area contributed by atoms with Crippen molar-refractivity contribution in [1.82, 2.24) is 9.80 Å². The highest BCUT2D eigenvalue weighted by Gasteiger charge is 2.57. The largest absolute Gasteiger partial charge is 0.444 e. The molecule has 146 valence electrons. The van der Waals surface area contributed by atoms with Gasteiger partial charge in [-0.3, -0.25) is 14.4 Å². The molecule has 0 bridgehead atoms. The van der Waals surface area contributed by atoms with Crippen molar-refractivity contribution in [3.05, 3.63) is 0 Å². The quantitative estimate of drug-likeness (QED) is 0.657. The van der Waals surface area contributed by atoms with Crippen LogP contribution < -0.4 is 11.5 Å². The molecule has 1 spiro atoms. The van der Waals surface area contributed by atoms with Gasteiger partial charge in [-0.1, -0.05) is 0 Å². The third kappa shape index (κ3) is 4.25. The van der Waals surface area contributed by atoms with Crippen LogP contribution in [0.15, 0.2) is 0 Å². The van der Waals surface area contributed by atoms with Gasteiger partial charge in [0.25, 0.3) is 0 Å². The summed E-state index contributed by atoms with van der Waals surface area (Å²) in [4.78, 5) is 50.7. The summed E-state index contributed by atoms with van der Waals surface area (Å²) >= 11 is 0. The van der Waals surface area contributed by atoms with E-state index in [0.29, 0.717) is 25.9 Å². The first-order valence-electron chi connectivity index (χ1n) is 8.82. The van der Waals surface area contributed by atoms with Crippen molar-refractivity contribution in [2.75, 3.05) is 19.6 Å². The summed E-state index contributed by atoms with van der Waals surface area (Å²) in [7, 11) is 0. The zero-order valence-corrected chi connectivity index (χ0v) is 15.6. The highest BCUT2D eigenvalue weighted by atomic mass is 16.6. The molecular formula is C17H28N4O5. The Morgan fingerprint density at radius 3 is 2.38 bits per heavy atom. The molecule has 2 rings (SSSR count). The van der Waals surface area contributed by atoms with Crippen LogP contribution in [-0.2, 0) is 19.1 Å². The van der Waals surface area contributed by atoms with E-state index in [0.717, 1.165) is 0 Å². The van der Waals surface area contributed by atoms with E-state index in [2.05, 4.69) is 0 Å². The lowest BCUT2D eigenvalue weighted by Crippen LogP contribution is -2.71. The summed E-state index contributed by atoms with van der Waals surface area (Å²) in [5.41, 5.74) is 9.20. The number of nitrogens with zero attached hydrogens (tertiary/aromatic N) is 2. The van der Waals surface area contributed by atoms with Crippen molar-refractivity contribution < 1.29 is 23.9 Å². The van der Waals surface area contributed by atoms with Crippen LogP contribution in [0.1, 0.15) is 46.5 Å². The molecule has 0 aromatic rings. The number of hydrogen-bond acceptors (Lipinski definition) is 5. The van der Waals surface area contributed by atoms with Crippen LogP contribution in [0.25, 0.3) is 0 Å². The van der Waals surface area contributed by atoms with Gasteiger partial charge in [0.15, 0.2) is 0 Å². The van der Waals surface area contributed by atoms with Gasteiger partial charge in [-0.15, -0.1) is 0 Å². The number of primary amides is 2. The average molecular weight is 368 g/mol. The summed E-state index contributed by atoms with van der Waals surface area (Å²) < 4.78 is 5.39. The van der Waals surface area contributed by atoms with Crippen molar-refractivity contribution in [3.63, 3.8) is 0 Å². The van der Waals surface area contributed by atoms with Crippen LogP contribution in [0.3, 0.4) is 0 Å². The average Bonchev–Trinajstić information content (AvgIpc) is 2.52. The number of carbonyl (C=O) groups excluding carboxylic acids is 4. The summed E-state index contributed by atoms with van der Waals surface area (Å²) in [6.07, 6.45) is 0.976. The lowest BCUT2D eigenvalue weighted by atomic mass is 9.71. The molecule has 0 aliphatic carbocycles. The van der Waals surface area contributed by atoms with Gasteiger partial charge in [0.2, 0.25) is 17.7 Å². The molecule has 9 nitrogen and oxygen atoms in total. The zero-order chi connectivity index (χ0) is 19.7. The van der Waals surface area contributed by atoms with E-state index in [1.165, 1.54) is 4.90 Å². The van der Waals surface area contributed by atoms with E-state index in [-0.39, 0.29) is 25.3 Å². The maximum absolute atomic E-state index is 12.8. The van der Waals surface area contributed by atoms with E-state index in [4.69, 9.17) is 16.2 Å². The first-order valence-corrected chi connectivity index (χ1v) is 8.82. The number of nitrogens with two attached hydrogens (primary N) is 2. The third-order valence-corrected chi connectivity index (χ3v) is 4.78. The van der Waals surface area contributed by atoms with Gasteiger partial charge in [-0.25, -0.2) is 4.79 Å². The monoisotopic (exact) mass is 368 g/mol. The molecular weight excluding hydrogens is 340 g/mol. The molecule has 0 aromatic heterocycles. The van der Waals surface area contributed by atoms with Gasteiger partial charge < -0.3 is 26.0 Å². The van der Waals surface area contributed by atoms with Crippen molar-refractivity contribution in [1.29, 1.82) is 0 Å². The number of β-lactam (4-membered cyclic amide) rings is 1. The van der Waals surface area contributed by atoms with Gasteiger partial charge in [0, 0.05) is 26.1 Å². The topological polar surface area (TPSA) is 136 Å². The summed E-state index contributed by atoms with van der Waals surface area (Å²) in [6.45, 7) is 6.49. The minimum atomic E-state index is -0.850. The number of ether oxygens (including phenoxy) is 1. The molecule has 9 heteroatoms. The van der Waals surface area contributed by atoms with Gasteiger partial charge in [0.05, 0.1) is 5.41 Å². The minimum absolute atomic E-state index is 0.0194. The smallest absolute Gasteiger partial charge is 0.410 e. The fraction of sp³-hybridized carbons (Fsp3) is 0.765. The molecule has 2 aliphatic rings. The fourth-order valence-electron chi connectivity index (χ4n) is 3.58. The second kappa shape index (κ2) is 7.13. The van der Waals surface area contributed by atoms with E-state index < -0.39 is 35.0 Å². The Hall–Kier alpha value is -2.32. The van der Waals surface area contributed by atoms with E-state index in [1.807, 2.05) is 0 Å². The maximum atomic E-state index is 12.8. The first-order chi connectivity index (χ1) is 11.9. The Bertz CT molecular complexity index is 615. The summed E-state index contributed by atoms with van der Waals surface area (Å²) in [6, 6.07) is -0.850. The van der Waals surface area contributed by atoms with Gasteiger partial charge in [-0.05, 0) is 40.0 Å². The van der Waals surface area contributed by atoms with Crippen LogP contribution in [0.5, 0.6) is 0 Å². The molecule has 2 atom stereocenters. The normalized spacial score (nSPS) is 24.2. The standard InChI is InChI=1S/C17H28N4O5/c1-16(2,3)26-15(25)20-8-4-7-17(9-20)10-21(14(17)24)11(13(19)23)5-6-12(18)22/h11H,4-10H2,1-3H3,(H2,18,22)(H2,19,23)/t11-,17?/m0/s1. The second-order valence-corrected chi connectivity index (χ2v) is 8.14. The van der Waals surface area contributed by atoms with E-state index in [1.54, 1.807) is 25.7 Å². The number of likely N-dealkylation sites (tertiary alicyclic amines) is 2. The molecule has 2 heterocycles. The maximum Gasteiger partial charge on any atom is 0.410 e. The Labute approximate surface area is 153 Å². The predicted molar refractivity (Wildman–Crippen MR) is 92.6 cm³/mol. The Balaban J connectivity index is 2.03. The fourth-order valence-corrected chi connectivity index (χ4v) is 3.58. The molecule has 2 fully saturated rings. The van der Waals surface area contributed by atoms with Gasteiger partial charge >= 0.3 is 6.09 Å². The zero-order valence-electron chi connectivity index (χ0n) is 15.6. The van der Waals surface area contributed by atoms with Crippen LogP contribution in [-0.4, -0.2) is 64.9 Å². The second-order valence-electron chi connectivity index (χ2n) is 8.14. The molecule has 2 aliphatic heterocycles.